The van der Waals surface area contributed by atoms with Gasteiger partial charge in [-0.2, -0.15) is 0 Å². The number of aliphatic hydroxyl groups is 1. The Morgan fingerprint density at radius 3 is 1.95 bits per heavy atom. The lowest BCUT2D eigenvalue weighted by molar-refractivity contribution is -0.121. The van der Waals surface area contributed by atoms with Crippen molar-refractivity contribution in [2.24, 2.45) is 0 Å². The fraction of sp³-hybridized carbons (Fsp3) is 0.294. The van der Waals surface area contributed by atoms with Crippen LogP contribution in [-0.4, -0.2) is 18.0 Å². The van der Waals surface area contributed by atoms with Crippen molar-refractivity contribution in [2.75, 3.05) is 6.61 Å². The van der Waals surface area contributed by atoms with E-state index >= 15 is 0 Å². The molecule has 1 N–H and O–H groups in total. The fourth-order valence-corrected chi connectivity index (χ4v) is 1.80. The van der Waals surface area contributed by atoms with Crippen LogP contribution in [0.1, 0.15) is 17.5 Å². The third-order valence-corrected chi connectivity index (χ3v) is 2.91. The highest BCUT2D eigenvalue weighted by Gasteiger charge is 2.04. The Morgan fingerprint density at radius 2 is 1.35 bits per heavy atom. The first-order chi connectivity index (χ1) is 9.84. The second-order valence-electron chi connectivity index (χ2n) is 4.58. The first-order valence-corrected chi connectivity index (χ1v) is 6.80. The highest BCUT2D eigenvalue weighted by molar-refractivity contribution is 5.14. The molecular formula is C17H20O3. The lowest BCUT2D eigenvalue weighted by Crippen LogP contribution is -2.14. The molecule has 0 saturated heterocycles. The standard InChI is InChI=1S/C17H20O3/c18-17(20-14-16-9-5-2-6-10-16)11-12-19-13-15-7-3-1-4-8-15/h1-10,17-18H,11-14H2. The predicted molar refractivity (Wildman–Crippen MR) is 78.0 cm³/mol. The van der Waals surface area contributed by atoms with Gasteiger partial charge in [-0.1, -0.05) is 60.7 Å². The van der Waals surface area contributed by atoms with Crippen LogP contribution in [0.3, 0.4) is 0 Å². The average molecular weight is 272 g/mol. The first kappa shape index (κ1) is 14.7. The molecule has 3 nitrogen and oxygen atoms in total. The van der Waals surface area contributed by atoms with E-state index in [4.69, 9.17) is 9.47 Å². The highest BCUT2D eigenvalue weighted by atomic mass is 16.6. The predicted octanol–water partition coefficient (Wildman–Crippen LogP) is 3.13. The van der Waals surface area contributed by atoms with Crippen LogP contribution in [0.4, 0.5) is 0 Å². The van der Waals surface area contributed by atoms with Crippen LogP contribution in [0.2, 0.25) is 0 Å². The molecule has 0 aliphatic heterocycles. The number of hydrogen-bond donors (Lipinski definition) is 1. The zero-order valence-corrected chi connectivity index (χ0v) is 11.4. The molecular weight excluding hydrogens is 252 g/mol. The van der Waals surface area contributed by atoms with Crippen LogP contribution in [0.5, 0.6) is 0 Å². The topological polar surface area (TPSA) is 38.7 Å². The first-order valence-electron chi connectivity index (χ1n) is 6.80. The second kappa shape index (κ2) is 8.48. The summed E-state index contributed by atoms with van der Waals surface area (Å²) in [6.07, 6.45) is -0.314. The van der Waals surface area contributed by atoms with Gasteiger partial charge in [0.15, 0.2) is 6.29 Å². The van der Waals surface area contributed by atoms with Gasteiger partial charge in [0.2, 0.25) is 0 Å². The molecule has 106 valence electrons. The molecule has 1 atom stereocenters. The normalized spacial score (nSPS) is 12.2. The van der Waals surface area contributed by atoms with Crippen molar-refractivity contribution in [1.29, 1.82) is 0 Å². The van der Waals surface area contributed by atoms with Gasteiger partial charge in [0.25, 0.3) is 0 Å². The van der Waals surface area contributed by atoms with Gasteiger partial charge in [-0.3, -0.25) is 0 Å². The third kappa shape index (κ3) is 5.53. The Balaban J connectivity index is 1.57. The van der Waals surface area contributed by atoms with Gasteiger partial charge >= 0.3 is 0 Å². The zero-order chi connectivity index (χ0) is 14.0. The van der Waals surface area contributed by atoms with Gasteiger partial charge in [0.1, 0.15) is 0 Å². The number of aliphatic hydroxyl groups excluding tert-OH is 1. The smallest absolute Gasteiger partial charge is 0.157 e. The Kier molecular flexibility index (Phi) is 6.24. The third-order valence-electron chi connectivity index (χ3n) is 2.91. The SMILES string of the molecule is OC(CCOCc1ccccc1)OCc1ccccc1. The van der Waals surface area contributed by atoms with E-state index in [-0.39, 0.29) is 0 Å². The Hall–Kier alpha value is -1.68. The lowest BCUT2D eigenvalue weighted by Gasteiger charge is -2.12. The van der Waals surface area contributed by atoms with E-state index in [0.29, 0.717) is 26.2 Å². The Morgan fingerprint density at radius 1 is 0.800 bits per heavy atom. The van der Waals surface area contributed by atoms with Crippen molar-refractivity contribution in [3.05, 3.63) is 71.8 Å². The summed E-state index contributed by atoms with van der Waals surface area (Å²) in [5.41, 5.74) is 2.18. The summed E-state index contributed by atoms with van der Waals surface area (Å²) in [5, 5.41) is 9.71. The van der Waals surface area contributed by atoms with Crippen LogP contribution >= 0.6 is 0 Å². The van der Waals surface area contributed by atoms with Gasteiger partial charge in [0, 0.05) is 6.42 Å². The molecule has 0 fully saturated rings. The zero-order valence-electron chi connectivity index (χ0n) is 11.4. The van der Waals surface area contributed by atoms with Gasteiger partial charge in [-0.15, -0.1) is 0 Å². The minimum atomic E-state index is -0.786. The van der Waals surface area contributed by atoms with Crippen LogP contribution < -0.4 is 0 Å². The van der Waals surface area contributed by atoms with E-state index in [0.717, 1.165) is 11.1 Å². The van der Waals surface area contributed by atoms with Crippen molar-refractivity contribution in [3.8, 4) is 0 Å². The molecule has 3 heteroatoms. The second-order valence-corrected chi connectivity index (χ2v) is 4.58. The maximum absolute atomic E-state index is 9.71. The number of rotatable bonds is 8. The summed E-state index contributed by atoms with van der Waals surface area (Å²) in [6, 6.07) is 19.8. The van der Waals surface area contributed by atoms with Gasteiger partial charge in [-0.05, 0) is 11.1 Å². The molecule has 0 amide bonds. The largest absolute Gasteiger partial charge is 0.377 e. The van der Waals surface area contributed by atoms with Crippen molar-refractivity contribution in [2.45, 2.75) is 25.9 Å². The van der Waals surface area contributed by atoms with Crippen LogP contribution in [0, 0.1) is 0 Å². The molecule has 0 radical (unpaired) electrons. The Bertz CT molecular complexity index is 470. The summed E-state index contributed by atoms with van der Waals surface area (Å²) >= 11 is 0. The number of hydrogen-bond acceptors (Lipinski definition) is 3. The van der Waals surface area contributed by atoms with E-state index in [1.165, 1.54) is 0 Å². The summed E-state index contributed by atoms with van der Waals surface area (Å²) in [5.74, 6) is 0. The van der Waals surface area contributed by atoms with Crippen molar-refractivity contribution < 1.29 is 14.6 Å². The molecule has 0 bridgehead atoms. The highest BCUT2D eigenvalue weighted by Crippen LogP contribution is 2.05. The van der Waals surface area contributed by atoms with Gasteiger partial charge in [-0.25, -0.2) is 0 Å². The molecule has 0 heterocycles. The van der Waals surface area contributed by atoms with Gasteiger partial charge in [0.05, 0.1) is 19.8 Å². The fourth-order valence-electron chi connectivity index (χ4n) is 1.80. The molecule has 2 aromatic rings. The van der Waals surface area contributed by atoms with Crippen LogP contribution in [0.15, 0.2) is 60.7 Å². The van der Waals surface area contributed by atoms with Gasteiger partial charge < -0.3 is 14.6 Å². The maximum atomic E-state index is 9.71. The summed E-state index contributed by atoms with van der Waals surface area (Å²) in [7, 11) is 0. The van der Waals surface area contributed by atoms with E-state index < -0.39 is 6.29 Å². The minimum absolute atomic E-state index is 0.417. The lowest BCUT2D eigenvalue weighted by atomic mass is 10.2. The molecule has 0 aliphatic rings. The molecule has 20 heavy (non-hydrogen) atoms. The van der Waals surface area contributed by atoms with Crippen molar-refractivity contribution in [1.82, 2.24) is 0 Å². The maximum Gasteiger partial charge on any atom is 0.157 e. The molecule has 0 spiro atoms. The minimum Gasteiger partial charge on any atom is -0.377 e. The molecule has 0 saturated carbocycles. The van der Waals surface area contributed by atoms with Crippen molar-refractivity contribution >= 4 is 0 Å². The number of benzene rings is 2. The molecule has 2 rings (SSSR count). The molecule has 0 aliphatic carbocycles. The van der Waals surface area contributed by atoms with E-state index in [9.17, 15) is 5.11 Å². The van der Waals surface area contributed by atoms with E-state index in [1.54, 1.807) is 0 Å². The summed E-state index contributed by atoms with van der Waals surface area (Å²) in [4.78, 5) is 0. The van der Waals surface area contributed by atoms with Crippen LogP contribution in [0.25, 0.3) is 0 Å². The Labute approximate surface area is 119 Å². The monoisotopic (exact) mass is 272 g/mol. The van der Waals surface area contributed by atoms with Crippen molar-refractivity contribution in [3.63, 3.8) is 0 Å². The molecule has 1 unspecified atom stereocenters. The molecule has 2 aromatic carbocycles. The van der Waals surface area contributed by atoms with E-state index in [2.05, 4.69) is 0 Å². The van der Waals surface area contributed by atoms with Crippen LogP contribution in [-0.2, 0) is 22.7 Å². The summed E-state index contributed by atoms with van der Waals surface area (Å²) < 4.78 is 10.9. The molecule has 0 aromatic heterocycles. The summed E-state index contributed by atoms with van der Waals surface area (Å²) in [6.45, 7) is 1.46. The van der Waals surface area contributed by atoms with E-state index in [1.807, 2.05) is 60.7 Å². The number of ether oxygens (including phenoxy) is 2. The average Bonchev–Trinajstić information content (AvgIpc) is 2.52. The quantitative estimate of drug-likeness (QED) is 0.592.